The molecule has 0 radical (unpaired) electrons. The Morgan fingerprint density at radius 3 is 2.35 bits per heavy atom. The van der Waals surface area contributed by atoms with Gasteiger partial charge in [0.25, 0.3) is 0 Å². The maximum Gasteiger partial charge on any atom is 0.390 e. The molecule has 0 saturated heterocycles. The largest absolute Gasteiger partial charge is 0.390 e. The normalized spacial score (nSPS) is 11.6. The van der Waals surface area contributed by atoms with Gasteiger partial charge in [0, 0.05) is 38.1 Å². The van der Waals surface area contributed by atoms with Crippen molar-refractivity contribution >= 4 is 5.95 Å². The molecule has 0 aliphatic heterocycles. The molecule has 17 heavy (non-hydrogen) atoms. The van der Waals surface area contributed by atoms with Crippen LogP contribution >= 0.6 is 0 Å². The second kappa shape index (κ2) is 5.81. The van der Waals surface area contributed by atoms with E-state index in [9.17, 15) is 13.2 Å². The zero-order chi connectivity index (χ0) is 12.9. The molecule has 0 aromatic carbocycles. The lowest BCUT2D eigenvalue weighted by Crippen LogP contribution is -2.25. The fourth-order valence-electron chi connectivity index (χ4n) is 1.23. The number of nitrogens with zero attached hydrogens (tertiary/aromatic N) is 3. The van der Waals surface area contributed by atoms with Crippen LogP contribution < -0.4 is 10.2 Å². The average Bonchev–Trinajstić information content (AvgIpc) is 2.26. The fraction of sp³-hybridized carbons (Fsp3) is 0.600. The molecule has 0 atom stereocenters. The van der Waals surface area contributed by atoms with Gasteiger partial charge in [0.15, 0.2) is 0 Å². The van der Waals surface area contributed by atoms with E-state index in [0.717, 1.165) is 5.56 Å². The molecule has 0 unspecified atom stereocenters. The lowest BCUT2D eigenvalue weighted by Gasteiger charge is -2.17. The molecule has 0 saturated carbocycles. The summed E-state index contributed by atoms with van der Waals surface area (Å²) in [6, 6.07) is 0. The van der Waals surface area contributed by atoms with Gasteiger partial charge in [0.05, 0.1) is 6.42 Å². The zero-order valence-electron chi connectivity index (χ0n) is 9.75. The quantitative estimate of drug-likeness (QED) is 0.859. The maximum absolute atomic E-state index is 12.0. The molecule has 4 nitrogen and oxygen atoms in total. The number of alkyl halides is 3. The minimum atomic E-state index is -4.15. The van der Waals surface area contributed by atoms with Gasteiger partial charge in [-0.2, -0.15) is 13.2 Å². The monoisotopic (exact) mass is 248 g/mol. The number of nitrogens with one attached hydrogen (secondary N) is 1. The van der Waals surface area contributed by atoms with E-state index < -0.39 is 12.6 Å². The molecule has 1 N–H and O–H groups in total. The van der Waals surface area contributed by atoms with Crippen molar-refractivity contribution in [2.45, 2.75) is 19.1 Å². The Kier molecular flexibility index (Phi) is 4.68. The first-order chi connectivity index (χ1) is 7.92. The maximum atomic E-state index is 12.0. The molecular weight excluding hydrogens is 233 g/mol. The lowest BCUT2D eigenvalue weighted by molar-refractivity contribution is -0.132. The number of rotatable bonds is 5. The smallest absolute Gasteiger partial charge is 0.344 e. The second-order valence-corrected chi connectivity index (χ2v) is 3.71. The number of halogens is 3. The van der Waals surface area contributed by atoms with Crippen LogP contribution in [0.15, 0.2) is 12.4 Å². The lowest BCUT2D eigenvalue weighted by atomic mass is 10.3. The van der Waals surface area contributed by atoms with Gasteiger partial charge in [-0.05, 0) is 7.05 Å². The summed E-state index contributed by atoms with van der Waals surface area (Å²) < 4.78 is 36.1. The van der Waals surface area contributed by atoms with Crippen LogP contribution in [-0.2, 0) is 6.54 Å². The Morgan fingerprint density at radius 2 is 1.88 bits per heavy atom. The second-order valence-electron chi connectivity index (χ2n) is 3.71. The molecule has 0 aliphatic carbocycles. The van der Waals surface area contributed by atoms with Crippen LogP contribution in [0.2, 0.25) is 0 Å². The van der Waals surface area contributed by atoms with Crippen molar-refractivity contribution in [3.8, 4) is 0 Å². The summed E-state index contributed by atoms with van der Waals surface area (Å²) >= 11 is 0. The highest BCUT2D eigenvalue weighted by Gasteiger charge is 2.27. The highest BCUT2D eigenvalue weighted by Crippen LogP contribution is 2.20. The van der Waals surface area contributed by atoms with E-state index in [4.69, 9.17) is 0 Å². The van der Waals surface area contributed by atoms with Crippen molar-refractivity contribution in [3.05, 3.63) is 18.0 Å². The van der Waals surface area contributed by atoms with Crippen LogP contribution in [0.25, 0.3) is 0 Å². The molecule has 0 fully saturated rings. The van der Waals surface area contributed by atoms with Crippen LogP contribution in [0.5, 0.6) is 0 Å². The summed E-state index contributed by atoms with van der Waals surface area (Å²) in [5.74, 6) is 0.300. The number of anilines is 1. The van der Waals surface area contributed by atoms with E-state index in [1.807, 2.05) is 0 Å². The third-order valence-corrected chi connectivity index (χ3v) is 2.14. The molecule has 1 aromatic rings. The van der Waals surface area contributed by atoms with E-state index >= 15 is 0 Å². The Balaban J connectivity index is 2.54. The van der Waals surface area contributed by atoms with Gasteiger partial charge in [0.1, 0.15) is 0 Å². The number of hydrogen-bond donors (Lipinski definition) is 1. The first-order valence-corrected chi connectivity index (χ1v) is 5.16. The van der Waals surface area contributed by atoms with Crippen LogP contribution in [0.4, 0.5) is 19.1 Å². The van der Waals surface area contributed by atoms with Gasteiger partial charge < -0.3 is 10.2 Å². The van der Waals surface area contributed by atoms with Gasteiger partial charge in [-0.3, -0.25) is 0 Å². The van der Waals surface area contributed by atoms with Crippen molar-refractivity contribution in [3.63, 3.8) is 0 Å². The van der Waals surface area contributed by atoms with E-state index in [0.29, 0.717) is 12.5 Å². The third kappa shape index (κ3) is 4.99. The van der Waals surface area contributed by atoms with Crippen LogP contribution in [0.1, 0.15) is 12.0 Å². The van der Waals surface area contributed by atoms with Gasteiger partial charge in [-0.1, -0.05) is 0 Å². The van der Waals surface area contributed by atoms with Crippen molar-refractivity contribution in [1.29, 1.82) is 0 Å². The number of aromatic nitrogens is 2. The molecule has 96 valence electrons. The molecule has 1 aromatic heterocycles. The van der Waals surface area contributed by atoms with Crippen molar-refractivity contribution in [2.75, 3.05) is 25.5 Å². The molecule has 1 rings (SSSR count). The fourth-order valence-corrected chi connectivity index (χ4v) is 1.23. The van der Waals surface area contributed by atoms with Crippen LogP contribution in [0, 0.1) is 0 Å². The summed E-state index contributed by atoms with van der Waals surface area (Å²) in [6.07, 6.45) is -1.82. The summed E-state index contributed by atoms with van der Waals surface area (Å²) in [5.41, 5.74) is 0.889. The van der Waals surface area contributed by atoms with Gasteiger partial charge in [-0.25, -0.2) is 9.97 Å². The van der Waals surface area contributed by atoms with Gasteiger partial charge in [-0.15, -0.1) is 0 Å². The third-order valence-electron chi connectivity index (χ3n) is 2.14. The minimum Gasteiger partial charge on any atom is -0.344 e. The van der Waals surface area contributed by atoms with Crippen molar-refractivity contribution in [1.82, 2.24) is 15.3 Å². The summed E-state index contributed by atoms with van der Waals surface area (Å²) in [6.45, 7) is 0.488. The van der Waals surface area contributed by atoms with Crippen molar-refractivity contribution < 1.29 is 13.2 Å². The summed E-state index contributed by atoms with van der Waals surface area (Å²) in [5, 5.41) is 2.94. The highest BCUT2D eigenvalue weighted by atomic mass is 19.4. The Morgan fingerprint density at radius 1 is 1.29 bits per heavy atom. The molecule has 7 heteroatoms. The zero-order valence-corrected chi connectivity index (χ0v) is 9.75. The molecule has 1 heterocycles. The van der Waals surface area contributed by atoms with Crippen LogP contribution in [0.3, 0.4) is 0 Å². The van der Waals surface area contributed by atoms with Crippen LogP contribution in [-0.4, -0.2) is 36.8 Å². The highest BCUT2D eigenvalue weighted by molar-refractivity contribution is 5.28. The predicted molar refractivity (Wildman–Crippen MR) is 58.7 cm³/mol. The van der Waals surface area contributed by atoms with Gasteiger partial charge in [0.2, 0.25) is 5.95 Å². The summed E-state index contributed by atoms with van der Waals surface area (Å²) in [7, 11) is 3.34. The first kappa shape index (κ1) is 13.7. The number of hydrogen-bond acceptors (Lipinski definition) is 4. The van der Waals surface area contributed by atoms with E-state index in [2.05, 4.69) is 15.3 Å². The molecule has 0 amide bonds. The predicted octanol–water partition coefficient (Wildman–Crippen LogP) is 1.58. The molecular formula is C10H15F3N4. The van der Waals surface area contributed by atoms with Crippen molar-refractivity contribution in [2.24, 2.45) is 0 Å². The van der Waals surface area contributed by atoms with E-state index in [1.54, 1.807) is 26.5 Å². The van der Waals surface area contributed by atoms with E-state index in [-0.39, 0.29) is 6.54 Å². The topological polar surface area (TPSA) is 41.1 Å². The minimum absolute atomic E-state index is 0.144. The Hall–Kier alpha value is -1.37. The Labute approximate surface area is 97.9 Å². The molecule has 0 aliphatic rings. The van der Waals surface area contributed by atoms with E-state index in [1.165, 1.54) is 4.90 Å². The average molecular weight is 248 g/mol. The first-order valence-electron chi connectivity index (χ1n) is 5.16. The molecule has 0 spiro atoms. The van der Waals surface area contributed by atoms with Gasteiger partial charge >= 0.3 is 6.18 Å². The standard InChI is InChI=1S/C10H15F3N4/c1-14-5-8-6-15-9(16-7-8)17(2)4-3-10(11,12)13/h6-7,14H,3-5H2,1-2H3. The SMILES string of the molecule is CNCc1cnc(N(C)CCC(F)(F)F)nc1. The summed E-state index contributed by atoms with van der Waals surface area (Å²) in [4.78, 5) is 9.40. The molecule has 0 bridgehead atoms. The Bertz CT molecular complexity index is 336.